The van der Waals surface area contributed by atoms with E-state index in [0.29, 0.717) is 5.92 Å². The Balaban J connectivity index is 2.26. The van der Waals surface area contributed by atoms with Gasteiger partial charge in [-0.25, -0.2) is 0 Å². The summed E-state index contributed by atoms with van der Waals surface area (Å²) in [5, 5.41) is 8.72. The van der Waals surface area contributed by atoms with Crippen molar-refractivity contribution in [3.8, 4) is 0 Å². The second-order valence-corrected chi connectivity index (χ2v) is 4.55. The zero-order valence-corrected chi connectivity index (χ0v) is 9.25. The molecule has 74 valence electrons. The van der Waals surface area contributed by atoms with E-state index in [9.17, 15) is 4.79 Å². The van der Waals surface area contributed by atoms with Crippen LogP contribution in [0.2, 0.25) is 0 Å². The molecule has 0 aromatic heterocycles. The normalized spacial score (nSPS) is 15.5. The van der Waals surface area contributed by atoms with Gasteiger partial charge in [-0.15, -0.1) is 0 Å². The molecule has 1 fully saturated rings. The SMILES string of the molecule is O=C(O)Cc1cc(C2CC2)ccc1Br. The van der Waals surface area contributed by atoms with Crippen LogP contribution in [-0.2, 0) is 11.2 Å². The molecule has 0 saturated heterocycles. The molecule has 0 bridgehead atoms. The van der Waals surface area contributed by atoms with Crippen molar-refractivity contribution in [3.63, 3.8) is 0 Å². The Labute approximate surface area is 91.1 Å². The predicted octanol–water partition coefficient (Wildman–Crippen LogP) is 2.95. The molecule has 0 atom stereocenters. The lowest BCUT2D eigenvalue weighted by molar-refractivity contribution is -0.136. The van der Waals surface area contributed by atoms with E-state index in [-0.39, 0.29) is 6.42 Å². The monoisotopic (exact) mass is 254 g/mol. The highest BCUT2D eigenvalue weighted by atomic mass is 79.9. The van der Waals surface area contributed by atoms with Crippen LogP contribution in [-0.4, -0.2) is 11.1 Å². The molecule has 14 heavy (non-hydrogen) atoms. The third-order valence-electron chi connectivity index (χ3n) is 2.46. The van der Waals surface area contributed by atoms with Crippen LogP contribution in [0.4, 0.5) is 0 Å². The second-order valence-electron chi connectivity index (χ2n) is 3.70. The Bertz CT molecular complexity index is 370. The van der Waals surface area contributed by atoms with E-state index in [0.717, 1.165) is 10.0 Å². The van der Waals surface area contributed by atoms with Crippen LogP contribution in [0.15, 0.2) is 22.7 Å². The van der Waals surface area contributed by atoms with Crippen molar-refractivity contribution in [2.24, 2.45) is 0 Å². The molecule has 1 aromatic carbocycles. The number of carbonyl (C=O) groups is 1. The first-order valence-electron chi connectivity index (χ1n) is 4.67. The van der Waals surface area contributed by atoms with Crippen molar-refractivity contribution >= 4 is 21.9 Å². The zero-order chi connectivity index (χ0) is 10.1. The van der Waals surface area contributed by atoms with Crippen molar-refractivity contribution in [2.45, 2.75) is 25.2 Å². The summed E-state index contributed by atoms with van der Waals surface area (Å²) < 4.78 is 0.893. The molecule has 1 aliphatic carbocycles. The van der Waals surface area contributed by atoms with E-state index in [1.165, 1.54) is 18.4 Å². The summed E-state index contributed by atoms with van der Waals surface area (Å²) in [6.07, 6.45) is 2.59. The van der Waals surface area contributed by atoms with Crippen LogP contribution in [0.1, 0.15) is 29.9 Å². The van der Waals surface area contributed by atoms with Gasteiger partial charge in [0.25, 0.3) is 0 Å². The van der Waals surface area contributed by atoms with Crippen molar-refractivity contribution in [1.29, 1.82) is 0 Å². The standard InChI is InChI=1S/C11H11BrO2/c12-10-4-3-8(7-1-2-7)5-9(10)6-11(13)14/h3-5,7H,1-2,6H2,(H,13,14). The summed E-state index contributed by atoms with van der Waals surface area (Å²) in [7, 11) is 0. The van der Waals surface area contributed by atoms with Gasteiger partial charge in [-0.3, -0.25) is 4.79 Å². The fourth-order valence-electron chi connectivity index (χ4n) is 1.56. The van der Waals surface area contributed by atoms with Gasteiger partial charge in [0.1, 0.15) is 0 Å². The van der Waals surface area contributed by atoms with Gasteiger partial charge in [0.15, 0.2) is 0 Å². The number of halogens is 1. The maximum Gasteiger partial charge on any atom is 0.307 e. The number of benzene rings is 1. The molecule has 1 N–H and O–H groups in total. The molecule has 1 saturated carbocycles. The molecule has 1 aliphatic rings. The first-order valence-corrected chi connectivity index (χ1v) is 5.46. The minimum atomic E-state index is -0.779. The van der Waals surface area contributed by atoms with Crippen LogP contribution in [0.3, 0.4) is 0 Å². The largest absolute Gasteiger partial charge is 0.481 e. The maximum atomic E-state index is 10.6. The molecule has 0 spiro atoms. The van der Waals surface area contributed by atoms with E-state index < -0.39 is 5.97 Å². The van der Waals surface area contributed by atoms with E-state index in [4.69, 9.17) is 5.11 Å². The lowest BCUT2D eigenvalue weighted by Gasteiger charge is -2.04. The maximum absolute atomic E-state index is 10.6. The van der Waals surface area contributed by atoms with E-state index >= 15 is 0 Å². The molecule has 1 aromatic rings. The average molecular weight is 255 g/mol. The third-order valence-corrected chi connectivity index (χ3v) is 3.23. The Kier molecular flexibility index (Phi) is 2.59. The van der Waals surface area contributed by atoms with Crippen molar-refractivity contribution in [1.82, 2.24) is 0 Å². The van der Waals surface area contributed by atoms with Gasteiger partial charge in [-0.1, -0.05) is 28.1 Å². The lowest BCUT2D eigenvalue weighted by atomic mass is 10.1. The first-order chi connectivity index (χ1) is 6.66. The highest BCUT2D eigenvalue weighted by molar-refractivity contribution is 9.10. The summed E-state index contributed by atoms with van der Waals surface area (Å²) in [4.78, 5) is 10.6. The molecule has 0 unspecified atom stereocenters. The molecular weight excluding hydrogens is 244 g/mol. The quantitative estimate of drug-likeness (QED) is 0.901. The third kappa shape index (κ3) is 2.15. The highest BCUT2D eigenvalue weighted by Crippen LogP contribution is 2.41. The van der Waals surface area contributed by atoms with E-state index in [1.807, 2.05) is 12.1 Å². The summed E-state index contributed by atoms with van der Waals surface area (Å²) in [6, 6.07) is 6.04. The molecular formula is C11H11BrO2. The van der Waals surface area contributed by atoms with Crippen LogP contribution in [0.5, 0.6) is 0 Å². The topological polar surface area (TPSA) is 37.3 Å². The first kappa shape index (κ1) is 9.71. The average Bonchev–Trinajstić information content (AvgIpc) is 2.91. The number of carboxylic acids is 1. The van der Waals surface area contributed by atoms with Gasteiger partial charge in [-0.05, 0) is 36.0 Å². The molecule has 0 radical (unpaired) electrons. The van der Waals surface area contributed by atoms with Crippen molar-refractivity contribution < 1.29 is 9.90 Å². The number of rotatable bonds is 3. The predicted molar refractivity (Wildman–Crippen MR) is 57.5 cm³/mol. The number of aliphatic carboxylic acids is 1. The van der Waals surface area contributed by atoms with E-state index in [2.05, 4.69) is 22.0 Å². The Morgan fingerprint density at radius 2 is 2.21 bits per heavy atom. The summed E-state index contributed by atoms with van der Waals surface area (Å²) in [6.45, 7) is 0. The van der Waals surface area contributed by atoms with Crippen LogP contribution >= 0.6 is 15.9 Å². The van der Waals surface area contributed by atoms with Crippen LogP contribution in [0.25, 0.3) is 0 Å². The minimum Gasteiger partial charge on any atom is -0.481 e. The van der Waals surface area contributed by atoms with E-state index in [1.54, 1.807) is 0 Å². The van der Waals surface area contributed by atoms with Gasteiger partial charge in [0.2, 0.25) is 0 Å². The lowest BCUT2D eigenvalue weighted by Crippen LogP contribution is -2.01. The van der Waals surface area contributed by atoms with Gasteiger partial charge >= 0.3 is 5.97 Å². The highest BCUT2D eigenvalue weighted by Gasteiger charge is 2.24. The number of carboxylic acid groups (broad SMARTS) is 1. The van der Waals surface area contributed by atoms with Crippen molar-refractivity contribution in [2.75, 3.05) is 0 Å². The molecule has 2 nitrogen and oxygen atoms in total. The summed E-state index contributed by atoms with van der Waals surface area (Å²) >= 11 is 3.37. The zero-order valence-electron chi connectivity index (χ0n) is 7.66. The van der Waals surface area contributed by atoms with Crippen molar-refractivity contribution in [3.05, 3.63) is 33.8 Å². The smallest absolute Gasteiger partial charge is 0.307 e. The van der Waals surface area contributed by atoms with Gasteiger partial charge in [0.05, 0.1) is 6.42 Å². The van der Waals surface area contributed by atoms with Gasteiger partial charge in [-0.2, -0.15) is 0 Å². The number of hydrogen-bond acceptors (Lipinski definition) is 1. The summed E-state index contributed by atoms with van der Waals surface area (Å²) in [5.41, 5.74) is 2.16. The minimum absolute atomic E-state index is 0.0984. The molecule has 0 heterocycles. The van der Waals surface area contributed by atoms with Gasteiger partial charge in [0, 0.05) is 4.47 Å². The molecule has 3 heteroatoms. The molecule has 0 amide bonds. The number of hydrogen-bond donors (Lipinski definition) is 1. The summed E-state index contributed by atoms with van der Waals surface area (Å²) in [5.74, 6) is -0.103. The van der Waals surface area contributed by atoms with Crippen LogP contribution in [0, 0.1) is 0 Å². The second kappa shape index (κ2) is 3.73. The Morgan fingerprint density at radius 1 is 1.50 bits per heavy atom. The fraction of sp³-hybridized carbons (Fsp3) is 0.364. The van der Waals surface area contributed by atoms with Gasteiger partial charge < -0.3 is 5.11 Å². The Morgan fingerprint density at radius 3 is 2.79 bits per heavy atom. The molecule has 0 aliphatic heterocycles. The Hall–Kier alpha value is -0.830. The fourth-order valence-corrected chi connectivity index (χ4v) is 1.95. The molecule has 2 rings (SSSR count). The van der Waals surface area contributed by atoms with Crippen LogP contribution < -0.4 is 0 Å².